The molecule has 1 saturated carbocycles. The highest BCUT2D eigenvalue weighted by atomic mass is 16.5. The molecule has 0 radical (unpaired) electrons. The zero-order valence-electron chi connectivity index (χ0n) is 13.2. The number of hydrogen-bond donors (Lipinski definition) is 1. The van der Waals surface area contributed by atoms with E-state index < -0.39 is 5.41 Å². The summed E-state index contributed by atoms with van der Waals surface area (Å²) < 4.78 is 5.68. The maximum atomic E-state index is 13.0. The van der Waals surface area contributed by atoms with E-state index in [1.165, 1.54) is 0 Å². The summed E-state index contributed by atoms with van der Waals surface area (Å²) in [6.07, 6.45) is 6.98. The SMILES string of the molecule is O=C1NCc2ccc(OC(=O)C3(c4cccnc4)CCCC3)cc21. The molecule has 5 heteroatoms. The number of fused-ring (bicyclic) bond motifs is 1. The van der Waals surface area contributed by atoms with Crippen LogP contribution in [0, 0.1) is 0 Å². The summed E-state index contributed by atoms with van der Waals surface area (Å²) >= 11 is 0. The van der Waals surface area contributed by atoms with Crippen molar-refractivity contribution in [2.24, 2.45) is 0 Å². The van der Waals surface area contributed by atoms with Crippen LogP contribution in [0.3, 0.4) is 0 Å². The number of aromatic nitrogens is 1. The molecular weight excluding hydrogens is 304 g/mol. The van der Waals surface area contributed by atoms with Crippen molar-refractivity contribution in [1.82, 2.24) is 10.3 Å². The smallest absolute Gasteiger partial charge is 0.322 e. The number of carbonyl (C=O) groups is 2. The van der Waals surface area contributed by atoms with Gasteiger partial charge in [0.25, 0.3) is 5.91 Å². The van der Waals surface area contributed by atoms with E-state index in [0.29, 0.717) is 17.9 Å². The minimum Gasteiger partial charge on any atom is -0.426 e. The highest BCUT2D eigenvalue weighted by molar-refractivity contribution is 5.98. The molecule has 4 rings (SSSR count). The van der Waals surface area contributed by atoms with Crippen molar-refractivity contribution >= 4 is 11.9 Å². The van der Waals surface area contributed by atoms with Crippen LogP contribution in [-0.4, -0.2) is 16.9 Å². The minimum absolute atomic E-state index is 0.120. The Bertz CT molecular complexity index is 796. The van der Waals surface area contributed by atoms with Gasteiger partial charge in [-0.3, -0.25) is 14.6 Å². The molecule has 2 aliphatic rings. The number of rotatable bonds is 3. The Hall–Kier alpha value is -2.69. The standard InChI is InChI=1S/C19H18N2O3/c22-17-16-10-15(6-5-13(16)11-21-17)24-18(23)19(7-1-2-8-19)14-4-3-9-20-12-14/h3-6,9-10,12H,1-2,7-8,11H2,(H,21,22). The van der Waals surface area contributed by atoms with Crippen LogP contribution in [0.5, 0.6) is 5.75 Å². The maximum absolute atomic E-state index is 13.0. The Morgan fingerprint density at radius 2 is 2.04 bits per heavy atom. The fraction of sp³-hybridized carbons (Fsp3) is 0.316. The topological polar surface area (TPSA) is 68.3 Å². The molecule has 1 aliphatic carbocycles. The van der Waals surface area contributed by atoms with Gasteiger partial charge in [-0.25, -0.2) is 0 Å². The zero-order chi connectivity index (χ0) is 16.6. The van der Waals surface area contributed by atoms with Gasteiger partial charge in [-0.05, 0) is 42.2 Å². The van der Waals surface area contributed by atoms with Crippen LogP contribution >= 0.6 is 0 Å². The average Bonchev–Trinajstić information content (AvgIpc) is 3.24. The summed E-state index contributed by atoms with van der Waals surface area (Å²) in [5, 5.41) is 2.77. The van der Waals surface area contributed by atoms with Gasteiger partial charge in [0, 0.05) is 24.5 Å². The highest BCUT2D eigenvalue weighted by Gasteiger charge is 2.44. The molecule has 1 N–H and O–H groups in total. The predicted octanol–water partition coefficient (Wildman–Crippen LogP) is 2.74. The van der Waals surface area contributed by atoms with E-state index in [9.17, 15) is 9.59 Å². The molecule has 1 fully saturated rings. The fourth-order valence-electron chi connectivity index (χ4n) is 3.70. The molecular formula is C19H18N2O3. The molecule has 0 spiro atoms. The third kappa shape index (κ3) is 2.37. The van der Waals surface area contributed by atoms with Gasteiger partial charge >= 0.3 is 5.97 Å². The molecule has 122 valence electrons. The summed E-state index contributed by atoms with van der Waals surface area (Å²) in [6, 6.07) is 9.03. The second kappa shape index (κ2) is 5.74. The van der Waals surface area contributed by atoms with Crippen LogP contribution < -0.4 is 10.1 Å². The van der Waals surface area contributed by atoms with Crippen LogP contribution in [0.15, 0.2) is 42.7 Å². The normalized spacial score (nSPS) is 18.1. The van der Waals surface area contributed by atoms with Crippen molar-refractivity contribution in [3.05, 3.63) is 59.4 Å². The lowest BCUT2D eigenvalue weighted by Gasteiger charge is -2.26. The van der Waals surface area contributed by atoms with Crippen molar-refractivity contribution in [3.63, 3.8) is 0 Å². The van der Waals surface area contributed by atoms with E-state index in [0.717, 1.165) is 36.8 Å². The van der Waals surface area contributed by atoms with Gasteiger partial charge < -0.3 is 10.1 Å². The number of benzene rings is 1. The van der Waals surface area contributed by atoms with Crippen LogP contribution in [0.25, 0.3) is 0 Å². The van der Waals surface area contributed by atoms with Gasteiger partial charge in [0.2, 0.25) is 0 Å². The van der Waals surface area contributed by atoms with Crippen LogP contribution in [-0.2, 0) is 16.8 Å². The van der Waals surface area contributed by atoms with Gasteiger partial charge in [-0.1, -0.05) is 25.0 Å². The van der Waals surface area contributed by atoms with E-state index in [4.69, 9.17) is 4.74 Å². The molecule has 0 atom stereocenters. The Morgan fingerprint density at radius 3 is 2.79 bits per heavy atom. The monoisotopic (exact) mass is 322 g/mol. The lowest BCUT2D eigenvalue weighted by Crippen LogP contribution is -2.36. The lowest BCUT2D eigenvalue weighted by molar-refractivity contribution is -0.140. The number of hydrogen-bond acceptors (Lipinski definition) is 4. The second-order valence-corrected chi connectivity index (χ2v) is 6.42. The van der Waals surface area contributed by atoms with Crippen LogP contribution in [0.4, 0.5) is 0 Å². The van der Waals surface area contributed by atoms with E-state index in [-0.39, 0.29) is 11.9 Å². The van der Waals surface area contributed by atoms with Crippen molar-refractivity contribution < 1.29 is 14.3 Å². The van der Waals surface area contributed by atoms with E-state index in [1.54, 1.807) is 24.5 Å². The van der Waals surface area contributed by atoms with Gasteiger partial charge in [0.05, 0.1) is 5.41 Å². The number of pyridine rings is 1. The molecule has 0 bridgehead atoms. The van der Waals surface area contributed by atoms with Crippen LogP contribution in [0.2, 0.25) is 0 Å². The zero-order valence-corrected chi connectivity index (χ0v) is 13.2. The Kier molecular flexibility index (Phi) is 3.56. The first kappa shape index (κ1) is 14.9. The molecule has 2 heterocycles. The third-order valence-corrected chi connectivity index (χ3v) is 5.04. The molecule has 2 aromatic rings. The van der Waals surface area contributed by atoms with Gasteiger partial charge in [0.1, 0.15) is 5.75 Å². The molecule has 1 aromatic heterocycles. The minimum atomic E-state index is -0.629. The molecule has 1 amide bonds. The van der Waals surface area contributed by atoms with Crippen LogP contribution in [0.1, 0.15) is 47.2 Å². The van der Waals surface area contributed by atoms with Crippen molar-refractivity contribution in [1.29, 1.82) is 0 Å². The Morgan fingerprint density at radius 1 is 1.21 bits per heavy atom. The average molecular weight is 322 g/mol. The van der Waals surface area contributed by atoms with Gasteiger partial charge in [-0.2, -0.15) is 0 Å². The Labute approximate surface area is 140 Å². The number of nitrogens with one attached hydrogen (secondary N) is 1. The van der Waals surface area contributed by atoms with E-state index >= 15 is 0 Å². The van der Waals surface area contributed by atoms with E-state index in [2.05, 4.69) is 10.3 Å². The Balaban J connectivity index is 1.63. The number of nitrogens with zero attached hydrogens (tertiary/aromatic N) is 1. The number of esters is 1. The number of carbonyl (C=O) groups excluding carboxylic acids is 2. The molecule has 0 saturated heterocycles. The van der Waals surface area contributed by atoms with E-state index in [1.807, 2.05) is 18.2 Å². The van der Waals surface area contributed by atoms with Crippen molar-refractivity contribution in [2.75, 3.05) is 0 Å². The number of amides is 1. The largest absolute Gasteiger partial charge is 0.426 e. The first-order valence-corrected chi connectivity index (χ1v) is 8.23. The van der Waals surface area contributed by atoms with Gasteiger partial charge in [0.15, 0.2) is 0 Å². The quantitative estimate of drug-likeness (QED) is 0.697. The van der Waals surface area contributed by atoms with Crippen molar-refractivity contribution in [3.8, 4) is 5.75 Å². The molecule has 1 aliphatic heterocycles. The van der Waals surface area contributed by atoms with Crippen molar-refractivity contribution in [2.45, 2.75) is 37.6 Å². The summed E-state index contributed by atoms with van der Waals surface area (Å²) in [4.78, 5) is 28.9. The summed E-state index contributed by atoms with van der Waals surface area (Å²) in [5.74, 6) is 0.0445. The molecule has 24 heavy (non-hydrogen) atoms. The molecule has 0 unspecified atom stereocenters. The molecule has 5 nitrogen and oxygen atoms in total. The maximum Gasteiger partial charge on any atom is 0.322 e. The summed E-state index contributed by atoms with van der Waals surface area (Å²) in [6.45, 7) is 0.530. The molecule has 1 aromatic carbocycles. The van der Waals surface area contributed by atoms with Gasteiger partial charge in [-0.15, -0.1) is 0 Å². The lowest BCUT2D eigenvalue weighted by atomic mass is 9.80. The first-order valence-electron chi connectivity index (χ1n) is 8.23. The fourth-order valence-corrected chi connectivity index (χ4v) is 3.70. The third-order valence-electron chi connectivity index (χ3n) is 5.04. The number of ether oxygens (including phenoxy) is 1. The predicted molar refractivity (Wildman–Crippen MR) is 87.6 cm³/mol. The second-order valence-electron chi connectivity index (χ2n) is 6.42. The summed E-state index contributed by atoms with van der Waals surface area (Å²) in [7, 11) is 0. The first-order chi connectivity index (χ1) is 11.7. The highest BCUT2D eigenvalue weighted by Crippen LogP contribution is 2.42. The summed E-state index contributed by atoms with van der Waals surface area (Å²) in [5.41, 5.74) is 1.80.